The molecule has 0 fully saturated rings. The smallest absolute Gasteiger partial charge is 0.387 e. The molecule has 2 aromatic carbocycles. The molecule has 6 nitrogen and oxygen atoms in total. The van der Waals surface area contributed by atoms with Gasteiger partial charge in [0.1, 0.15) is 16.5 Å². The summed E-state index contributed by atoms with van der Waals surface area (Å²) in [5.41, 5.74) is 1.46. The van der Waals surface area contributed by atoms with Gasteiger partial charge >= 0.3 is 6.61 Å². The van der Waals surface area contributed by atoms with E-state index in [0.29, 0.717) is 22.2 Å². The van der Waals surface area contributed by atoms with Crippen molar-refractivity contribution in [2.75, 3.05) is 19.5 Å². The molecule has 0 aliphatic rings. The number of anilines is 1. The summed E-state index contributed by atoms with van der Waals surface area (Å²) < 4.78 is 39.1. The number of alkyl halides is 2. The zero-order chi connectivity index (χ0) is 20.1. The Morgan fingerprint density at radius 2 is 1.79 bits per heavy atom. The number of nitrogens with zero attached hydrogens (tertiary/aromatic N) is 1. The lowest BCUT2D eigenvalue weighted by atomic mass is 10.2. The van der Waals surface area contributed by atoms with Gasteiger partial charge in [-0.15, -0.1) is 11.3 Å². The Morgan fingerprint density at radius 3 is 2.43 bits per heavy atom. The van der Waals surface area contributed by atoms with Crippen molar-refractivity contribution in [3.63, 3.8) is 0 Å². The molecule has 0 bridgehead atoms. The summed E-state index contributed by atoms with van der Waals surface area (Å²) in [6.07, 6.45) is 0. The second-order valence-electron chi connectivity index (χ2n) is 5.46. The predicted octanol–water partition coefficient (Wildman–Crippen LogP) is 4.68. The highest BCUT2D eigenvalue weighted by Crippen LogP contribution is 2.33. The first kappa shape index (κ1) is 19.6. The zero-order valence-electron chi connectivity index (χ0n) is 14.9. The van der Waals surface area contributed by atoms with E-state index in [2.05, 4.69) is 15.0 Å². The fourth-order valence-electron chi connectivity index (χ4n) is 2.39. The number of halogens is 2. The quantitative estimate of drug-likeness (QED) is 0.617. The molecule has 146 valence electrons. The Balaban J connectivity index is 1.72. The van der Waals surface area contributed by atoms with Gasteiger partial charge in [-0.25, -0.2) is 4.98 Å². The van der Waals surface area contributed by atoms with Crippen LogP contribution in [0, 0.1) is 0 Å². The lowest BCUT2D eigenvalue weighted by Crippen LogP contribution is -2.12. The van der Waals surface area contributed by atoms with Gasteiger partial charge in [0.25, 0.3) is 5.91 Å². The molecule has 3 rings (SSSR count). The van der Waals surface area contributed by atoms with Crippen molar-refractivity contribution >= 4 is 22.9 Å². The summed E-state index contributed by atoms with van der Waals surface area (Å²) in [6, 6.07) is 11.0. The van der Waals surface area contributed by atoms with E-state index in [9.17, 15) is 13.6 Å². The molecule has 0 saturated carbocycles. The van der Waals surface area contributed by atoms with Gasteiger partial charge < -0.3 is 19.5 Å². The normalized spacial score (nSPS) is 10.6. The first-order valence-electron chi connectivity index (χ1n) is 8.04. The Hall–Kier alpha value is -3.20. The summed E-state index contributed by atoms with van der Waals surface area (Å²) in [5.74, 6) is 0.759. The molecule has 0 aliphatic carbocycles. The number of thiazole rings is 1. The molecule has 28 heavy (non-hydrogen) atoms. The maximum absolute atomic E-state index is 12.4. The average molecular weight is 406 g/mol. The highest BCUT2D eigenvalue weighted by molar-refractivity contribution is 7.13. The van der Waals surface area contributed by atoms with Crippen LogP contribution in [0.4, 0.5) is 14.5 Å². The number of hydrogen-bond acceptors (Lipinski definition) is 6. The molecule has 0 aliphatic heterocycles. The molecule has 9 heteroatoms. The number of nitrogens with one attached hydrogen (secondary N) is 1. The van der Waals surface area contributed by atoms with Crippen molar-refractivity contribution in [3.05, 3.63) is 53.5 Å². The van der Waals surface area contributed by atoms with Gasteiger partial charge in [0.15, 0.2) is 11.5 Å². The van der Waals surface area contributed by atoms with Crippen molar-refractivity contribution < 1.29 is 27.8 Å². The molecule has 1 aromatic heterocycles. The number of aromatic nitrogens is 1. The monoisotopic (exact) mass is 406 g/mol. The first-order chi connectivity index (χ1) is 13.5. The van der Waals surface area contributed by atoms with Crippen LogP contribution in [0.3, 0.4) is 0 Å². The second-order valence-corrected chi connectivity index (χ2v) is 6.32. The number of methoxy groups -OCH3 is 2. The maximum Gasteiger partial charge on any atom is 0.387 e. The van der Waals surface area contributed by atoms with E-state index in [1.54, 1.807) is 31.7 Å². The Kier molecular flexibility index (Phi) is 6.05. The molecule has 1 amide bonds. The molecule has 0 saturated heterocycles. The highest BCUT2D eigenvalue weighted by Gasteiger charge is 2.14. The predicted molar refractivity (Wildman–Crippen MR) is 102 cm³/mol. The van der Waals surface area contributed by atoms with Crippen LogP contribution < -0.4 is 19.5 Å². The number of ether oxygens (including phenoxy) is 3. The highest BCUT2D eigenvalue weighted by atomic mass is 32.1. The SMILES string of the molecule is COc1ccc(-c2nc(C(=O)Nc3ccc(OC(F)F)cc3)cs2)cc1OC. The Labute approximate surface area is 163 Å². The van der Waals surface area contributed by atoms with E-state index < -0.39 is 12.5 Å². The van der Waals surface area contributed by atoms with Crippen LogP contribution in [-0.2, 0) is 0 Å². The number of hydrogen-bond donors (Lipinski definition) is 1. The lowest BCUT2D eigenvalue weighted by molar-refractivity contribution is -0.0498. The van der Waals surface area contributed by atoms with Crippen LogP contribution in [0.5, 0.6) is 17.2 Å². The van der Waals surface area contributed by atoms with E-state index >= 15 is 0 Å². The summed E-state index contributed by atoms with van der Waals surface area (Å²) in [4.78, 5) is 16.7. The minimum atomic E-state index is -2.90. The van der Waals surface area contributed by atoms with Gasteiger partial charge in [-0.3, -0.25) is 4.79 Å². The van der Waals surface area contributed by atoms with Gasteiger partial charge in [-0.05, 0) is 42.5 Å². The zero-order valence-corrected chi connectivity index (χ0v) is 15.8. The van der Waals surface area contributed by atoms with E-state index in [0.717, 1.165) is 5.56 Å². The number of carbonyl (C=O) groups excluding carboxylic acids is 1. The van der Waals surface area contributed by atoms with Crippen LogP contribution >= 0.6 is 11.3 Å². The summed E-state index contributed by atoms with van der Waals surface area (Å²) >= 11 is 1.31. The van der Waals surface area contributed by atoms with Crippen molar-refractivity contribution in [3.8, 4) is 27.8 Å². The fourth-order valence-corrected chi connectivity index (χ4v) is 3.19. The minimum absolute atomic E-state index is 0.0115. The third kappa shape index (κ3) is 4.55. The molecular formula is C19H16F2N2O4S. The van der Waals surface area contributed by atoms with Crippen LogP contribution in [0.2, 0.25) is 0 Å². The summed E-state index contributed by atoms with van der Waals surface area (Å²) in [7, 11) is 3.09. The van der Waals surface area contributed by atoms with Crippen molar-refractivity contribution in [2.45, 2.75) is 6.61 Å². The average Bonchev–Trinajstić information content (AvgIpc) is 3.19. The van der Waals surface area contributed by atoms with E-state index in [1.807, 2.05) is 6.07 Å². The van der Waals surface area contributed by atoms with Crippen LogP contribution in [0.25, 0.3) is 10.6 Å². The number of carbonyl (C=O) groups is 1. The van der Waals surface area contributed by atoms with Crippen LogP contribution in [-0.4, -0.2) is 31.7 Å². The lowest BCUT2D eigenvalue weighted by Gasteiger charge is -2.08. The largest absolute Gasteiger partial charge is 0.493 e. The molecule has 3 aromatic rings. The second kappa shape index (κ2) is 8.66. The molecular weight excluding hydrogens is 390 g/mol. The topological polar surface area (TPSA) is 69.7 Å². The fraction of sp³-hybridized carbons (Fsp3) is 0.158. The van der Waals surface area contributed by atoms with Crippen molar-refractivity contribution in [1.29, 1.82) is 0 Å². The van der Waals surface area contributed by atoms with Crippen LogP contribution in [0.1, 0.15) is 10.5 Å². The third-order valence-electron chi connectivity index (χ3n) is 3.70. The van der Waals surface area contributed by atoms with Gasteiger partial charge in [-0.2, -0.15) is 8.78 Å². The van der Waals surface area contributed by atoms with Gasteiger partial charge in [0, 0.05) is 16.6 Å². The minimum Gasteiger partial charge on any atom is -0.493 e. The maximum atomic E-state index is 12.4. The molecule has 0 spiro atoms. The van der Waals surface area contributed by atoms with Gasteiger partial charge in [0.2, 0.25) is 0 Å². The summed E-state index contributed by atoms with van der Waals surface area (Å²) in [5, 5.41) is 4.94. The molecule has 0 radical (unpaired) electrons. The van der Waals surface area contributed by atoms with Gasteiger partial charge in [-0.1, -0.05) is 0 Å². The number of rotatable bonds is 7. The number of benzene rings is 2. The van der Waals surface area contributed by atoms with Crippen molar-refractivity contribution in [2.24, 2.45) is 0 Å². The van der Waals surface area contributed by atoms with Crippen LogP contribution in [0.15, 0.2) is 47.8 Å². The van der Waals surface area contributed by atoms with E-state index in [1.165, 1.54) is 35.6 Å². The molecule has 0 atom stereocenters. The van der Waals surface area contributed by atoms with Crippen molar-refractivity contribution in [1.82, 2.24) is 4.98 Å². The number of amides is 1. The van der Waals surface area contributed by atoms with Gasteiger partial charge in [0.05, 0.1) is 14.2 Å². The Morgan fingerprint density at radius 1 is 1.07 bits per heavy atom. The van der Waals surface area contributed by atoms with E-state index in [4.69, 9.17) is 9.47 Å². The Bertz CT molecular complexity index is 961. The molecule has 1 heterocycles. The first-order valence-corrected chi connectivity index (χ1v) is 8.92. The third-order valence-corrected chi connectivity index (χ3v) is 4.60. The standard InChI is InChI=1S/C19H16F2N2O4S/c1-25-15-8-3-11(9-16(15)26-2)18-23-14(10-28-18)17(24)22-12-4-6-13(7-5-12)27-19(20)21/h3-10,19H,1-2H3,(H,22,24). The summed E-state index contributed by atoms with van der Waals surface area (Å²) in [6.45, 7) is -2.90. The van der Waals surface area contributed by atoms with E-state index in [-0.39, 0.29) is 11.4 Å². The molecule has 1 N–H and O–H groups in total. The molecule has 0 unspecified atom stereocenters.